The van der Waals surface area contributed by atoms with Gasteiger partial charge in [0.1, 0.15) is 12.2 Å². The number of aliphatic hydroxyl groups is 1. The Kier molecular flexibility index (Phi) is 6.32. The lowest BCUT2D eigenvalue weighted by molar-refractivity contribution is -0.166. The topological polar surface area (TPSA) is 82.1 Å². The van der Waals surface area contributed by atoms with E-state index in [1.54, 1.807) is 0 Å². The smallest absolute Gasteiger partial charge is 0.308 e. The first-order chi connectivity index (χ1) is 10.0. The van der Waals surface area contributed by atoms with Gasteiger partial charge in [0.05, 0.1) is 26.2 Å². The van der Waals surface area contributed by atoms with Crippen LogP contribution >= 0.6 is 0 Å². The average Bonchev–Trinajstić information content (AvgIpc) is 2.39. The van der Waals surface area contributed by atoms with E-state index >= 15 is 0 Å². The Balaban J connectivity index is 2.81. The van der Waals surface area contributed by atoms with Crippen LogP contribution in [0, 0.1) is 0 Å². The lowest BCUT2D eigenvalue weighted by Gasteiger charge is -2.43. The molecule has 1 heterocycles. The number of esters is 1. The summed E-state index contributed by atoms with van der Waals surface area (Å²) in [6.07, 6.45) is -1.95. The van der Waals surface area contributed by atoms with Crippen LogP contribution in [-0.2, 0) is 23.5 Å². The third-order valence-corrected chi connectivity index (χ3v) is 8.94. The van der Waals surface area contributed by atoms with Gasteiger partial charge in [-0.3, -0.25) is 9.59 Å². The van der Waals surface area contributed by atoms with Crippen molar-refractivity contribution in [2.45, 2.75) is 70.1 Å². The third kappa shape index (κ3) is 4.61. The number of ketones is 1. The molecule has 7 heteroatoms. The summed E-state index contributed by atoms with van der Waals surface area (Å²) in [5.41, 5.74) is 0. The number of Topliss-reactive ketones (excluding diaryl/α,β-unsaturated/α-hetero) is 1. The van der Waals surface area contributed by atoms with E-state index in [1.807, 2.05) is 0 Å². The number of carbonyl (C=O) groups excluding carboxylic acids is 2. The molecule has 1 aliphatic rings. The Morgan fingerprint density at radius 1 is 1.41 bits per heavy atom. The molecule has 1 rings (SSSR count). The quantitative estimate of drug-likeness (QED) is 0.609. The molecule has 0 aromatic rings. The van der Waals surface area contributed by atoms with Crippen molar-refractivity contribution in [2.75, 3.05) is 13.7 Å². The predicted octanol–water partition coefficient (Wildman–Crippen LogP) is 1.66. The molecule has 1 aliphatic heterocycles. The molecular formula is C15H28O6Si. The molecule has 0 aromatic heterocycles. The minimum atomic E-state index is -2.16. The molecule has 6 nitrogen and oxygen atoms in total. The summed E-state index contributed by atoms with van der Waals surface area (Å²) in [6, 6.07) is 0. The molecule has 0 radical (unpaired) electrons. The van der Waals surface area contributed by atoms with Crippen LogP contribution in [-0.4, -0.2) is 57.2 Å². The molecule has 1 N–H and O–H groups in total. The van der Waals surface area contributed by atoms with Crippen molar-refractivity contribution in [2.24, 2.45) is 0 Å². The molecule has 0 saturated carbocycles. The minimum Gasteiger partial charge on any atom is -0.469 e. The number of methoxy groups -OCH3 is 1. The molecule has 0 bridgehead atoms. The van der Waals surface area contributed by atoms with Crippen LogP contribution in [0.3, 0.4) is 0 Å². The third-order valence-electron chi connectivity index (χ3n) is 4.48. The average molecular weight is 332 g/mol. The maximum Gasteiger partial charge on any atom is 0.308 e. The minimum absolute atomic E-state index is 0.00551. The second-order valence-corrected chi connectivity index (χ2v) is 12.0. The van der Waals surface area contributed by atoms with Crippen molar-refractivity contribution in [1.82, 2.24) is 0 Å². The zero-order valence-electron chi connectivity index (χ0n) is 14.3. The van der Waals surface area contributed by atoms with E-state index in [-0.39, 0.29) is 30.3 Å². The van der Waals surface area contributed by atoms with Crippen molar-refractivity contribution >= 4 is 20.1 Å². The summed E-state index contributed by atoms with van der Waals surface area (Å²) in [7, 11) is -0.865. The van der Waals surface area contributed by atoms with E-state index < -0.39 is 32.6 Å². The van der Waals surface area contributed by atoms with Crippen molar-refractivity contribution in [3.8, 4) is 0 Å². The highest BCUT2D eigenvalue weighted by molar-refractivity contribution is 6.74. The largest absolute Gasteiger partial charge is 0.469 e. The fourth-order valence-electron chi connectivity index (χ4n) is 2.08. The SMILES string of the molecule is COC(=O)C[C@@H]1CC(=O)C(O[Si](C)(C)C(C)(C)C)[C@@H](CO)O1. The van der Waals surface area contributed by atoms with Gasteiger partial charge in [-0.25, -0.2) is 0 Å². The van der Waals surface area contributed by atoms with Crippen LogP contribution in [0.1, 0.15) is 33.6 Å². The Bertz CT molecular complexity index is 415. The number of rotatable bonds is 5. The summed E-state index contributed by atoms with van der Waals surface area (Å²) in [5.74, 6) is -0.553. The standard InChI is InChI=1S/C15H28O6Si/c1-15(2,3)22(5,6)21-14-11(17)7-10(8-13(18)19-4)20-12(14)9-16/h10,12,14,16H,7-9H2,1-6H3/t10-,12+,14?/m0/s1. The van der Waals surface area contributed by atoms with Crippen molar-refractivity contribution in [1.29, 1.82) is 0 Å². The lowest BCUT2D eigenvalue weighted by atomic mass is 9.98. The first-order valence-electron chi connectivity index (χ1n) is 7.55. The fourth-order valence-corrected chi connectivity index (χ4v) is 3.35. The zero-order valence-corrected chi connectivity index (χ0v) is 15.3. The van der Waals surface area contributed by atoms with Crippen LogP contribution in [0.4, 0.5) is 0 Å². The summed E-state index contributed by atoms with van der Waals surface area (Å²) in [5, 5.41) is 9.48. The van der Waals surface area contributed by atoms with E-state index in [0.29, 0.717) is 0 Å². The molecule has 1 unspecified atom stereocenters. The summed E-state index contributed by atoms with van der Waals surface area (Å²) >= 11 is 0. The van der Waals surface area contributed by atoms with Crippen molar-refractivity contribution in [3.05, 3.63) is 0 Å². The van der Waals surface area contributed by atoms with Crippen LogP contribution < -0.4 is 0 Å². The maximum absolute atomic E-state index is 12.4. The zero-order chi connectivity index (χ0) is 17.1. The van der Waals surface area contributed by atoms with Crippen LogP contribution in [0.5, 0.6) is 0 Å². The van der Waals surface area contributed by atoms with Gasteiger partial charge in [0.2, 0.25) is 0 Å². The fraction of sp³-hybridized carbons (Fsp3) is 0.867. The van der Waals surface area contributed by atoms with Gasteiger partial charge in [-0.05, 0) is 18.1 Å². The number of hydrogen-bond donors (Lipinski definition) is 1. The maximum atomic E-state index is 12.4. The summed E-state index contributed by atoms with van der Waals surface area (Å²) < 4.78 is 16.4. The number of hydrogen-bond acceptors (Lipinski definition) is 6. The van der Waals surface area contributed by atoms with Gasteiger partial charge >= 0.3 is 5.97 Å². The highest BCUT2D eigenvalue weighted by Gasteiger charge is 2.46. The first kappa shape index (κ1) is 19.3. The Hall–Kier alpha value is -0.763. The van der Waals surface area contributed by atoms with Gasteiger partial charge in [-0.15, -0.1) is 0 Å². The van der Waals surface area contributed by atoms with E-state index in [2.05, 4.69) is 38.6 Å². The molecule has 22 heavy (non-hydrogen) atoms. The molecule has 0 amide bonds. The van der Waals surface area contributed by atoms with Crippen LogP contribution in [0.15, 0.2) is 0 Å². The highest BCUT2D eigenvalue weighted by Crippen LogP contribution is 2.38. The Labute approximate surface area is 133 Å². The number of aliphatic hydroxyl groups excluding tert-OH is 1. The second kappa shape index (κ2) is 7.21. The van der Waals surface area contributed by atoms with E-state index in [0.717, 1.165) is 0 Å². The normalized spacial score (nSPS) is 26.9. The number of ether oxygens (including phenoxy) is 2. The summed E-state index contributed by atoms with van der Waals surface area (Å²) in [4.78, 5) is 23.7. The molecule has 3 atom stereocenters. The van der Waals surface area contributed by atoms with E-state index in [1.165, 1.54) is 7.11 Å². The Morgan fingerprint density at radius 2 is 2.00 bits per heavy atom. The first-order valence-corrected chi connectivity index (χ1v) is 10.5. The molecule has 128 valence electrons. The van der Waals surface area contributed by atoms with Gasteiger partial charge < -0.3 is 19.0 Å². The molecular weight excluding hydrogens is 304 g/mol. The molecule has 0 spiro atoms. The lowest BCUT2D eigenvalue weighted by Crippen LogP contribution is -2.55. The predicted molar refractivity (Wildman–Crippen MR) is 84.1 cm³/mol. The van der Waals surface area contributed by atoms with Gasteiger partial charge in [0, 0.05) is 6.42 Å². The van der Waals surface area contributed by atoms with Gasteiger partial charge in [0.15, 0.2) is 14.1 Å². The van der Waals surface area contributed by atoms with Gasteiger partial charge in [-0.1, -0.05) is 20.8 Å². The van der Waals surface area contributed by atoms with Gasteiger partial charge in [-0.2, -0.15) is 0 Å². The van der Waals surface area contributed by atoms with E-state index in [4.69, 9.17) is 9.16 Å². The second-order valence-electron chi connectivity index (χ2n) is 7.23. The van der Waals surface area contributed by atoms with Gasteiger partial charge in [0.25, 0.3) is 0 Å². The monoisotopic (exact) mass is 332 g/mol. The van der Waals surface area contributed by atoms with Crippen LogP contribution in [0.25, 0.3) is 0 Å². The van der Waals surface area contributed by atoms with Crippen molar-refractivity contribution in [3.63, 3.8) is 0 Å². The Morgan fingerprint density at radius 3 is 2.45 bits per heavy atom. The molecule has 1 saturated heterocycles. The highest BCUT2D eigenvalue weighted by atomic mass is 28.4. The summed E-state index contributed by atoms with van der Waals surface area (Å²) in [6.45, 7) is 10.0. The molecule has 0 aliphatic carbocycles. The van der Waals surface area contributed by atoms with Crippen molar-refractivity contribution < 1.29 is 28.6 Å². The van der Waals surface area contributed by atoms with E-state index in [9.17, 15) is 14.7 Å². The van der Waals surface area contributed by atoms with Crippen LogP contribution in [0.2, 0.25) is 18.1 Å². The molecule has 1 fully saturated rings. The molecule has 0 aromatic carbocycles. The number of carbonyl (C=O) groups is 2.